The molecule has 0 aromatic carbocycles. The lowest BCUT2D eigenvalue weighted by atomic mass is 10.0. The molecule has 0 atom stereocenters. The molecule has 0 amide bonds. The van der Waals surface area contributed by atoms with E-state index in [1.165, 1.54) is 51.6 Å². The fourth-order valence-corrected chi connectivity index (χ4v) is 2.91. The molecule has 1 aliphatic heterocycles. The minimum atomic E-state index is 0.553. The maximum absolute atomic E-state index is 5.67. The first-order chi connectivity index (χ1) is 6.90. The Labute approximate surface area is 87.6 Å². The highest BCUT2D eigenvalue weighted by Crippen LogP contribution is 2.26. The van der Waals surface area contributed by atoms with Crippen molar-refractivity contribution in [2.45, 2.75) is 57.6 Å². The molecule has 2 nitrogen and oxygen atoms in total. The van der Waals surface area contributed by atoms with Crippen LogP contribution in [-0.4, -0.2) is 36.7 Å². The Bertz CT molecular complexity index is 158. The minimum absolute atomic E-state index is 0.553. The lowest BCUT2D eigenvalue weighted by Crippen LogP contribution is -2.42. The van der Waals surface area contributed by atoms with Crippen LogP contribution < -0.4 is 0 Å². The van der Waals surface area contributed by atoms with Crippen LogP contribution in [0.1, 0.15) is 45.4 Å². The lowest BCUT2D eigenvalue weighted by Gasteiger charge is -2.35. The van der Waals surface area contributed by atoms with Crippen LogP contribution >= 0.6 is 0 Å². The number of nitrogens with zero attached hydrogens (tertiary/aromatic N) is 1. The SMILES string of the molecule is CCOC1CCN(C2CCCC2)CC1. The molecule has 0 aromatic heterocycles. The number of hydrogen-bond donors (Lipinski definition) is 0. The second-order valence-corrected chi connectivity index (χ2v) is 4.63. The second-order valence-electron chi connectivity index (χ2n) is 4.63. The molecule has 0 spiro atoms. The zero-order chi connectivity index (χ0) is 9.80. The van der Waals surface area contributed by atoms with Crippen LogP contribution in [0.3, 0.4) is 0 Å². The molecule has 0 bridgehead atoms. The number of likely N-dealkylation sites (tertiary alicyclic amines) is 1. The van der Waals surface area contributed by atoms with E-state index in [9.17, 15) is 0 Å². The van der Waals surface area contributed by atoms with Crippen molar-refractivity contribution in [2.75, 3.05) is 19.7 Å². The van der Waals surface area contributed by atoms with Crippen molar-refractivity contribution in [1.82, 2.24) is 4.90 Å². The Kier molecular flexibility index (Phi) is 3.82. The van der Waals surface area contributed by atoms with Gasteiger partial charge in [0.15, 0.2) is 0 Å². The number of piperidine rings is 1. The maximum atomic E-state index is 5.67. The van der Waals surface area contributed by atoms with Gasteiger partial charge in [0, 0.05) is 25.7 Å². The largest absolute Gasteiger partial charge is 0.378 e. The van der Waals surface area contributed by atoms with Gasteiger partial charge in [0.25, 0.3) is 0 Å². The lowest BCUT2D eigenvalue weighted by molar-refractivity contribution is 0.00467. The summed E-state index contributed by atoms with van der Waals surface area (Å²) in [5.74, 6) is 0. The quantitative estimate of drug-likeness (QED) is 0.689. The molecule has 2 aliphatic rings. The van der Waals surface area contributed by atoms with Gasteiger partial charge >= 0.3 is 0 Å². The average Bonchev–Trinajstić information content (AvgIpc) is 2.72. The monoisotopic (exact) mass is 197 g/mol. The Hall–Kier alpha value is -0.0800. The van der Waals surface area contributed by atoms with Gasteiger partial charge in [0.05, 0.1) is 6.10 Å². The van der Waals surface area contributed by atoms with E-state index in [1.807, 2.05) is 0 Å². The summed E-state index contributed by atoms with van der Waals surface area (Å²) in [5, 5.41) is 0. The molecular weight excluding hydrogens is 174 g/mol. The molecule has 1 aliphatic carbocycles. The Balaban J connectivity index is 1.72. The van der Waals surface area contributed by atoms with E-state index >= 15 is 0 Å². The fraction of sp³-hybridized carbons (Fsp3) is 1.00. The van der Waals surface area contributed by atoms with Crippen LogP contribution in [0.2, 0.25) is 0 Å². The average molecular weight is 197 g/mol. The van der Waals surface area contributed by atoms with Gasteiger partial charge in [0.1, 0.15) is 0 Å². The Morgan fingerprint density at radius 2 is 1.71 bits per heavy atom. The molecule has 82 valence electrons. The van der Waals surface area contributed by atoms with E-state index < -0.39 is 0 Å². The summed E-state index contributed by atoms with van der Waals surface area (Å²) in [5.41, 5.74) is 0. The van der Waals surface area contributed by atoms with Gasteiger partial charge in [-0.3, -0.25) is 0 Å². The fourth-order valence-electron chi connectivity index (χ4n) is 2.91. The van der Waals surface area contributed by atoms with E-state index in [2.05, 4.69) is 11.8 Å². The summed E-state index contributed by atoms with van der Waals surface area (Å²) in [4.78, 5) is 2.70. The van der Waals surface area contributed by atoms with Crippen molar-refractivity contribution in [1.29, 1.82) is 0 Å². The predicted molar refractivity (Wildman–Crippen MR) is 58.5 cm³/mol. The summed E-state index contributed by atoms with van der Waals surface area (Å²) in [6.07, 6.45) is 8.86. The number of hydrogen-bond acceptors (Lipinski definition) is 2. The molecule has 2 fully saturated rings. The first-order valence-corrected chi connectivity index (χ1v) is 6.26. The zero-order valence-electron chi connectivity index (χ0n) is 9.37. The van der Waals surface area contributed by atoms with Crippen LogP contribution in [0.4, 0.5) is 0 Å². The molecular formula is C12H23NO. The topological polar surface area (TPSA) is 12.5 Å². The third kappa shape index (κ3) is 2.48. The predicted octanol–water partition coefficient (Wildman–Crippen LogP) is 2.43. The van der Waals surface area contributed by atoms with Crippen molar-refractivity contribution < 1.29 is 4.74 Å². The van der Waals surface area contributed by atoms with Gasteiger partial charge in [-0.05, 0) is 32.6 Å². The second kappa shape index (κ2) is 5.13. The molecule has 0 radical (unpaired) electrons. The van der Waals surface area contributed by atoms with Crippen molar-refractivity contribution in [2.24, 2.45) is 0 Å². The summed E-state index contributed by atoms with van der Waals surface area (Å²) in [6, 6.07) is 0.914. The third-order valence-electron chi connectivity index (χ3n) is 3.72. The zero-order valence-corrected chi connectivity index (χ0v) is 9.37. The smallest absolute Gasteiger partial charge is 0.0599 e. The molecule has 0 aromatic rings. The Morgan fingerprint density at radius 1 is 1.07 bits per heavy atom. The molecule has 1 saturated carbocycles. The molecule has 14 heavy (non-hydrogen) atoms. The van der Waals surface area contributed by atoms with Crippen molar-refractivity contribution in [3.05, 3.63) is 0 Å². The van der Waals surface area contributed by atoms with E-state index in [0.717, 1.165) is 12.6 Å². The highest BCUT2D eigenvalue weighted by molar-refractivity contribution is 4.81. The molecule has 0 N–H and O–H groups in total. The molecule has 2 heteroatoms. The summed E-state index contributed by atoms with van der Waals surface area (Å²) >= 11 is 0. The van der Waals surface area contributed by atoms with Crippen molar-refractivity contribution >= 4 is 0 Å². The van der Waals surface area contributed by atoms with E-state index in [4.69, 9.17) is 4.74 Å². The standard InChI is InChI=1S/C12H23NO/c1-2-14-12-7-9-13(10-8-12)11-5-3-4-6-11/h11-12H,2-10H2,1H3. The van der Waals surface area contributed by atoms with Crippen molar-refractivity contribution in [3.63, 3.8) is 0 Å². The summed E-state index contributed by atoms with van der Waals surface area (Å²) in [7, 11) is 0. The van der Waals surface area contributed by atoms with E-state index in [0.29, 0.717) is 6.10 Å². The highest BCUT2D eigenvalue weighted by atomic mass is 16.5. The van der Waals surface area contributed by atoms with Crippen molar-refractivity contribution in [3.8, 4) is 0 Å². The van der Waals surface area contributed by atoms with Gasteiger partial charge in [-0.1, -0.05) is 12.8 Å². The normalized spacial score (nSPS) is 27.2. The highest BCUT2D eigenvalue weighted by Gasteiger charge is 2.26. The minimum Gasteiger partial charge on any atom is -0.378 e. The maximum Gasteiger partial charge on any atom is 0.0599 e. The van der Waals surface area contributed by atoms with Gasteiger partial charge in [-0.15, -0.1) is 0 Å². The van der Waals surface area contributed by atoms with Crippen LogP contribution in [0.5, 0.6) is 0 Å². The summed E-state index contributed by atoms with van der Waals surface area (Å²) in [6.45, 7) is 5.53. The first kappa shape index (κ1) is 10.4. The molecule has 1 saturated heterocycles. The van der Waals surface area contributed by atoms with Gasteiger partial charge < -0.3 is 9.64 Å². The molecule has 0 unspecified atom stereocenters. The van der Waals surface area contributed by atoms with Gasteiger partial charge in [-0.25, -0.2) is 0 Å². The van der Waals surface area contributed by atoms with E-state index in [1.54, 1.807) is 0 Å². The third-order valence-corrected chi connectivity index (χ3v) is 3.72. The van der Waals surface area contributed by atoms with Gasteiger partial charge in [0.2, 0.25) is 0 Å². The van der Waals surface area contributed by atoms with Gasteiger partial charge in [-0.2, -0.15) is 0 Å². The molecule has 1 heterocycles. The number of ether oxygens (including phenoxy) is 1. The Morgan fingerprint density at radius 3 is 2.29 bits per heavy atom. The van der Waals surface area contributed by atoms with Crippen LogP contribution in [-0.2, 0) is 4.74 Å². The summed E-state index contributed by atoms with van der Waals surface area (Å²) < 4.78 is 5.67. The first-order valence-electron chi connectivity index (χ1n) is 6.26. The molecule has 2 rings (SSSR count). The number of rotatable bonds is 3. The van der Waals surface area contributed by atoms with Crippen LogP contribution in [0, 0.1) is 0 Å². The van der Waals surface area contributed by atoms with E-state index in [-0.39, 0.29) is 0 Å². The van der Waals surface area contributed by atoms with Crippen LogP contribution in [0.15, 0.2) is 0 Å². The van der Waals surface area contributed by atoms with Crippen LogP contribution in [0.25, 0.3) is 0 Å².